The lowest BCUT2D eigenvalue weighted by molar-refractivity contribution is -0.128. The number of nitrogens with two attached hydrogens (primary N) is 2. The Morgan fingerprint density at radius 3 is 2.74 bits per heavy atom. The molecule has 0 aliphatic rings. The van der Waals surface area contributed by atoms with Crippen LogP contribution in [0.2, 0.25) is 10.0 Å². The van der Waals surface area contributed by atoms with E-state index < -0.39 is 12.0 Å². The van der Waals surface area contributed by atoms with E-state index in [9.17, 15) is 4.79 Å². The van der Waals surface area contributed by atoms with Crippen molar-refractivity contribution in [3.8, 4) is 0 Å². The number of rotatable bonds is 6. The molecule has 1 atom stereocenters. The predicted molar refractivity (Wildman–Crippen MR) is 93.6 cm³/mol. The van der Waals surface area contributed by atoms with E-state index in [-0.39, 0.29) is 0 Å². The molecule has 1 aromatic carbocycles. The highest BCUT2D eigenvalue weighted by Gasteiger charge is 2.18. The SMILES string of the molecule is COC(C(N)=O)c1cc(CSc2ccc(N)c(Cl)c2Cl)ccn1. The second-order valence-corrected chi connectivity index (χ2v) is 6.45. The fourth-order valence-electron chi connectivity index (χ4n) is 1.93. The molecular formula is C15H15Cl2N3O2S. The van der Waals surface area contributed by atoms with Gasteiger partial charge in [-0.2, -0.15) is 0 Å². The Bertz CT molecular complexity index is 728. The molecule has 0 saturated heterocycles. The van der Waals surface area contributed by atoms with E-state index in [2.05, 4.69) is 4.98 Å². The zero-order valence-corrected chi connectivity index (χ0v) is 14.6. The van der Waals surface area contributed by atoms with Crippen molar-refractivity contribution in [3.63, 3.8) is 0 Å². The Labute approximate surface area is 148 Å². The minimum Gasteiger partial charge on any atom is -0.397 e. The highest BCUT2D eigenvalue weighted by molar-refractivity contribution is 7.98. The summed E-state index contributed by atoms with van der Waals surface area (Å²) in [6.45, 7) is 0. The molecule has 122 valence electrons. The van der Waals surface area contributed by atoms with E-state index in [1.54, 1.807) is 18.3 Å². The van der Waals surface area contributed by atoms with Crippen LogP contribution in [0.1, 0.15) is 17.4 Å². The number of hydrogen-bond donors (Lipinski definition) is 2. The van der Waals surface area contributed by atoms with Crippen LogP contribution in [0.5, 0.6) is 0 Å². The lowest BCUT2D eigenvalue weighted by Gasteiger charge is -2.12. The molecule has 2 aromatic rings. The smallest absolute Gasteiger partial charge is 0.252 e. The van der Waals surface area contributed by atoms with Crippen LogP contribution in [0.25, 0.3) is 0 Å². The van der Waals surface area contributed by atoms with Gasteiger partial charge in [-0.25, -0.2) is 0 Å². The summed E-state index contributed by atoms with van der Waals surface area (Å²) in [6, 6.07) is 7.15. The highest BCUT2D eigenvalue weighted by atomic mass is 35.5. The third kappa shape index (κ3) is 4.29. The van der Waals surface area contributed by atoms with Crippen LogP contribution < -0.4 is 11.5 Å². The molecule has 0 bridgehead atoms. The third-order valence-electron chi connectivity index (χ3n) is 3.08. The predicted octanol–water partition coefficient (Wildman–Crippen LogP) is 3.44. The molecule has 8 heteroatoms. The summed E-state index contributed by atoms with van der Waals surface area (Å²) in [5.41, 5.74) is 12.9. The molecule has 0 radical (unpaired) electrons. The number of nitrogens with zero attached hydrogens (tertiary/aromatic N) is 1. The second kappa shape index (κ2) is 7.88. The normalized spacial score (nSPS) is 12.1. The van der Waals surface area contributed by atoms with E-state index in [0.29, 0.717) is 27.2 Å². The first-order valence-corrected chi connectivity index (χ1v) is 8.31. The molecule has 1 heterocycles. The molecule has 4 N–H and O–H groups in total. The molecule has 1 amide bonds. The van der Waals surface area contributed by atoms with E-state index in [1.165, 1.54) is 18.9 Å². The molecule has 0 aliphatic heterocycles. The molecule has 2 rings (SSSR count). The molecule has 1 unspecified atom stereocenters. The topological polar surface area (TPSA) is 91.2 Å². The van der Waals surface area contributed by atoms with Gasteiger partial charge in [-0.3, -0.25) is 9.78 Å². The summed E-state index contributed by atoms with van der Waals surface area (Å²) < 4.78 is 5.07. The van der Waals surface area contributed by atoms with Gasteiger partial charge in [-0.1, -0.05) is 23.2 Å². The van der Waals surface area contributed by atoms with Crippen molar-refractivity contribution in [2.45, 2.75) is 16.8 Å². The lowest BCUT2D eigenvalue weighted by Crippen LogP contribution is -2.23. The Hall–Kier alpha value is -1.47. The number of carbonyl (C=O) groups excluding carboxylic acids is 1. The van der Waals surface area contributed by atoms with Crippen LogP contribution in [0.15, 0.2) is 35.4 Å². The first kappa shape index (κ1) is 17.9. The number of primary amides is 1. The monoisotopic (exact) mass is 371 g/mol. The molecule has 1 aromatic heterocycles. The Kier molecular flexibility index (Phi) is 6.12. The molecular weight excluding hydrogens is 357 g/mol. The standard InChI is InChI=1S/C15H15Cl2N3O2S/c1-22-14(15(19)21)10-6-8(4-5-20-10)7-23-11-3-2-9(18)12(16)13(11)17/h2-6,14H,7,18H2,1H3,(H2,19,21). The van der Waals surface area contributed by atoms with E-state index in [4.69, 9.17) is 39.4 Å². The number of methoxy groups -OCH3 is 1. The van der Waals surface area contributed by atoms with Crippen LogP contribution in [0, 0.1) is 0 Å². The van der Waals surface area contributed by atoms with Crippen LogP contribution in [0.3, 0.4) is 0 Å². The summed E-state index contributed by atoms with van der Waals surface area (Å²) in [5, 5.41) is 0.776. The summed E-state index contributed by atoms with van der Waals surface area (Å²) in [5.74, 6) is 0.0307. The number of carbonyl (C=O) groups is 1. The van der Waals surface area contributed by atoms with Gasteiger partial charge < -0.3 is 16.2 Å². The molecule has 0 fully saturated rings. The van der Waals surface area contributed by atoms with Crippen LogP contribution >= 0.6 is 35.0 Å². The number of aromatic nitrogens is 1. The van der Waals surface area contributed by atoms with Gasteiger partial charge in [0.05, 0.1) is 21.4 Å². The molecule has 0 aliphatic carbocycles. The maximum Gasteiger partial charge on any atom is 0.252 e. The van der Waals surface area contributed by atoms with Crippen molar-refractivity contribution < 1.29 is 9.53 Å². The Balaban J connectivity index is 2.16. The van der Waals surface area contributed by atoms with Crippen LogP contribution in [-0.2, 0) is 15.3 Å². The van der Waals surface area contributed by atoms with Gasteiger partial charge >= 0.3 is 0 Å². The minimum atomic E-state index is -0.866. The summed E-state index contributed by atoms with van der Waals surface area (Å²) in [6.07, 6.45) is 0.743. The number of thioether (sulfide) groups is 1. The number of ether oxygens (including phenoxy) is 1. The van der Waals surface area contributed by atoms with Crippen molar-refractivity contribution in [2.75, 3.05) is 12.8 Å². The van der Waals surface area contributed by atoms with Gasteiger partial charge in [-0.05, 0) is 29.8 Å². The summed E-state index contributed by atoms with van der Waals surface area (Å²) in [4.78, 5) is 16.3. The van der Waals surface area contributed by atoms with Crippen molar-refractivity contribution >= 4 is 46.6 Å². The summed E-state index contributed by atoms with van der Waals surface area (Å²) in [7, 11) is 1.41. The van der Waals surface area contributed by atoms with Gasteiger partial charge in [0.2, 0.25) is 0 Å². The minimum absolute atomic E-state index is 0.347. The van der Waals surface area contributed by atoms with Gasteiger partial charge in [-0.15, -0.1) is 11.8 Å². The first-order chi connectivity index (χ1) is 10.9. The largest absolute Gasteiger partial charge is 0.397 e. The maximum absolute atomic E-state index is 11.3. The van der Waals surface area contributed by atoms with Gasteiger partial charge in [0.15, 0.2) is 6.10 Å². The number of benzene rings is 1. The zero-order valence-electron chi connectivity index (χ0n) is 12.3. The van der Waals surface area contributed by atoms with Gasteiger partial charge in [0.25, 0.3) is 5.91 Å². The number of amides is 1. The van der Waals surface area contributed by atoms with Crippen LogP contribution in [-0.4, -0.2) is 18.0 Å². The quantitative estimate of drug-likeness (QED) is 0.599. The fraction of sp³-hybridized carbons (Fsp3) is 0.200. The van der Waals surface area contributed by atoms with E-state index in [0.717, 1.165) is 10.5 Å². The highest BCUT2D eigenvalue weighted by Crippen LogP contribution is 2.37. The first-order valence-electron chi connectivity index (χ1n) is 6.57. The van der Waals surface area contributed by atoms with Gasteiger partial charge in [0.1, 0.15) is 0 Å². The summed E-state index contributed by atoms with van der Waals surface area (Å²) >= 11 is 13.7. The Morgan fingerprint density at radius 1 is 1.35 bits per heavy atom. The Morgan fingerprint density at radius 2 is 2.09 bits per heavy atom. The maximum atomic E-state index is 11.3. The van der Waals surface area contributed by atoms with Gasteiger partial charge in [0, 0.05) is 24.0 Å². The molecule has 0 spiro atoms. The average molecular weight is 372 g/mol. The van der Waals surface area contributed by atoms with Crippen molar-refractivity contribution in [1.82, 2.24) is 4.98 Å². The lowest BCUT2D eigenvalue weighted by atomic mass is 10.1. The van der Waals surface area contributed by atoms with Crippen molar-refractivity contribution in [3.05, 3.63) is 51.8 Å². The molecule has 5 nitrogen and oxygen atoms in total. The number of nitrogen functional groups attached to an aromatic ring is 1. The zero-order chi connectivity index (χ0) is 17.0. The number of halogens is 2. The molecule has 0 saturated carbocycles. The number of hydrogen-bond acceptors (Lipinski definition) is 5. The van der Waals surface area contributed by atoms with Crippen molar-refractivity contribution in [1.29, 1.82) is 0 Å². The third-order valence-corrected chi connectivity index (χ3v) is 5.22. The fourth-order valence-corrected chi connectivity index (χ4v) is 3.38. The average Bonchev–Trinajstić information content (AvgIpc) is 2.53. The van der Waals surface area contributed by atoms with E-state index >= 15 is 0 Å². The number of pyridine rings is 1. The second-order valence-electron chi connectivity index (χ2n) is 4.68. The van der Waals surface area contributed by atoms with Crippen LogP contribution in [0.4, 0.5) is 5.69 Å². The van der Waals surface area contributed by atoms with E-state index in [1.807, 2.05) is 12.1 Å². The number of anilines is 1. The molecule has 23 heavy (non-hydrogen) atoms. The van der Waals surface area contributed by atoms with Crippen molar-refractivity contribution in [2.24, 2.45) is 5.73 Å².